The van der Waals surface area contributed by atoms with Crippen molar-refractivity contribution in [3.63, 3.8) is 0 Å². The summed E-state index contributed by atoms with van der Waals surface area (Å²) in [5.41, 5.74) is 1.83. The molecule has 170 valence electrons. The number of nitrogens with one attached hydrogen (secondary N) is 2. The molecule has 0 aromatic heterocycles. The zero-order valence-corrected chi connectivity index (χ0v) is 18.3. The Labute approximate surface area is 187 Å². The molecule has 4 amide bonds. The van der Waals surface area contributed by atoms with Gasteiger partial charge in [0.05, 0.1) is 11.1 Å². The predicted molar refractivity (Wildman–Crippen MR) is 117 cm³/mol. The summed E-state index contributed by atoms with van der Waals surface area (Å²) in [5.74, 6) is -0.645. The number of hydrogen-bond donors (Lipinski definition) is 2. The Morgan fingerprint density at radius 1 is 0.875 bits per heavy atom. The van der Waals surface area contributed by atoms with Gasteiger partial charge in [-0.2, -0.15) is 0 Å². The Hall–Kier alpha value is -2.58. The lowest BCUT2D eigenvalue weighted by molar-refractivity contribution is -0.136. The minimum absolute atomic E-state index is 0.130. The van der Waals surface area contributed by atoms with Gasteiger partial charge in [-0.05, 0) is 87.8 Å². The van der Waals surface area contributed by atoms with Crippen molar-refractivity contribution in [2.45, 2.75) is 50.5 Å². The van der Waals surface area contributed by atoms with Crippen LogP contribution in [0.5, 0.6) is 0 Å². The highest BCUT2D eigenvalue weighted by atomic mass is 16.2. The second-order valence-corrected chi connectivity index (χ2v) is 9.52. The van der Waals surface area contributed by atoms with Crippen LogP contribution in [0, 0.1) is 5.92 Å². The molecule has 3 fully saturated rings. The third-order valence-electron chi connectivity index (χ3n) is 7.50. The molecule has 1 unspecified atom stereocenters. The summed E-state index contributed by atoms with van der Waals surface area (Å²) < 4.78 is 0. The quantitative estimate of drug-likeness (QED) is 0.687. The molecule has 1 aromatic carbocycles. The van der Waals surface area contributed by atoms with Gasteiger partial charge in [-0.3, -0.25) is 29.4 Å². The monoisotopic (exact) mass is 438 g/mol. The molecule has 4 aliphatic heterocycles. The summed E-state index contributed by atoms with van der Waals surface area (Å²) in [6.07, 6.45) is 4.91. The fourth-order valence-electron chi connectivity index (χ4n) is 5.62. The van der Waals surface area contributed by atoms with E-state index in [2.05, 4.69) is 15.5 Å². The first-order chi connectivity index (χ1) is 15.5. The van der Waals surface area contributed by atoms with E-state index in [1.807, 2.05) is 12.1 Å². The Morgan fingerprint density at radius 3 is 2.31 bits per heavy atom. The van der Waals surface area contributed by atoms with Crippen LogP contribution in [0.4, 0.5) is 0 Å². The van der Waals surface area contributed by atoms with Crippen LogP contribution < -0.4 is 10.6 Å². The van der Waals surface area contributed by atoms with Crippen LogP contribution in [0.25, 0.3) is 0 Å². The van der Waals surface area contributed by atoms with Crippen molar-refractivity contribution in [2.24, 2.45) is 5.92 Å². The standard InChI is InChI=1S/C24H30N4O4/c29-21-4-3-20(22(30)26-21)28-23(31)18-2-1-17(13-19(18)24(28)32)16-7-11-27(12-8-16)14-15-5-9-25-10-6-15/h1-2,13,15-16,20,25H,3-12,14H2,(H,26,29,30). The maximum atomic E-state index is 13.1. The van der Waals surface area contributed by atoms with Crippen LogP contribution in [-0.2, 0) is 9.59 Å². The Bertz CT molecular complexity index is 947. The highest BCUT2D eigenvalue weighted by molar-refractivity contribution is 6.23. The first-order valence-electron chi connectivity index (χ1n) is 11.8. The molecule has 0 aliphatic carbocycles. The maximum Gasteiger partial charge on any atom is 0.262 e. The van der Waals surface area contributed by atoms with Crippen molar-refractivity contribution < 1.29 is 19.2 Å². The molecule has 1 atom stereocenters. The van der Waals surface area contributed by atoms with Crippen molar-refractivity contribution in [3.05, 3.63) is 34.9 Å². The average molecular weight is 439 g/mol. The van der Waals surface area contributed by atoms with Gasteiger partial charge in [-0.1, -0.05) is 6.07 Å². The number of likely N-dealkylation sites (tertiary alicyclic amines) is 1. The van der Waals surface area contributed by atoms with E-state index in [-0.39, 0.29) is 18.7 Å². The van der Waals surface area contributed by atoms with E-state index in [1.54, 1.807) is 6.07 Å². The molecule has 2 N–H and O–H groups in total. The number of carbonyl (C=O) groups excluding carboxylic acids is 4. The lowest BCUT2D eigenvalue weighted by atomic mass is 9.87. The predicted octanol–water partition coefficient (Wildman–Crippen LogP) is 1.27. The summed E-state index contributed by atoms with van der Waals surface area (Å²) in [4.78, 5) is 53.2. The van der Waals surface area contributed by atoms with E-state index in [0.29, 0.717) is 17.0 Å². The first-order valence-corrected chi connectivity index (χ1v) is 11.8. The molecule has 5 rings (SSSR count). The van der Waals surface area contributed by atoms with Gasteiger partial charge in [0.2, 0.25) is 11.8 Å². The van der Waals surface area contributed by atoms with E-state index in [0.717, 1.165) is 55.4 Å². The zero-order chi connectivity index (χ0) is 22.2. The fourth-order valence-corrected chi connectivity index (χ4v) is 5.62. The van der Waals surface area contributed by atoms with Gasteiger partial charge in [0.1, 0.15) is 6.04 Å². The van der Waals surface area contributed by atoms with Gasteiger partial charge in [-0.25, -0.2) is 0 Å². The molecule has 32 heavy (non-hydrogen) atoms. The van der Waals surface area contributed by atoms with Crippen LogP contribution in [-0.4, -0.2) is 72.2 Å². The minimum atomic E-state index is -0.915. The Balaban J connectivity index is 1.25. The van der Waals surface area contributed by atoms with Crippen LogP contribution in [0.15, 0.2) is 18.2 Å². The molecule has 1 aromatic rings. The second-order valence-electron chi connectivity index (χ2n) is 9.52. The molecule has 8 heteroatoms. The molecular weight excluding hydrogens is 408 g/mol. The molecule has 8 nitrogen and oxygen atoms in total. The third-order valence-corrected chi connectivity index (χ3v) is 7.50. The molecule has 4 heterocycles. The Morgan fingerprint density at radius 2 is 1.59 bits per heavy atom. The number of nitrogens with zero attached hydrogens (tertiary/aromatic N) is 2. The van der Waals surface area contributed by atoms with Gasteiger partial charge in [0.25, 0.3) is 11.8 Å². The SMILES string of the molecule is O=C1CCC(N2C(=O)c3ccc(C4CCN(CC5CCNCC5)CC4)cc3C2=O)C(=O)N1. The van der Waals surface area contributed by atoms with E-state index in [1.165, 1.54) is 19.4 Å². The summed E-state index contributed by atoms with van der Waals surface area (Å²) in [7, 11) is 0. The van der Waals surface area contributed by atoms with Gasteiger partial charge in [0, 0.05) is 13.0 Å². The molecule has 4 aliphatic rings. The van der Waals surface area contributed by atoms with E-state index >= 15 is 0 Å². The third kappa shape index (κ3) is 3.97. The number of fused-ring (bicyclic) bond motifs is 1. The molecule has 0 saturated carbocycles. The molecular formula is C24H30N4O4. The number of carbonyl (C=O) groups is 4. The van der Waals surface area contributed by atoms with E-state index in [4.69, 9.17) is 0 Å². The zero-order valence-electron chi connectivity index (χ0n) is 18.3. The largest absolute Gasteiger partial charge is 0.317 e. The van der Waals surface area contributed by atoms with Gasteiger partial charge in [-0.15, -0.1) is 0 Å². The van der Waals surface area contributed by atoms with Crippen molar-refractivity contribution in [3.8, 4) is 0 Å². The average Bonchev–Trinajstić information content (AvgIpc) is 3.05. The number of piperidine rings is 3. The summed E-state index contributed by atoms with van der Waals surface area (Å²) in [6, 6.07) is 4.64. The first kappa shape index (κ1) is 21.3. The minimum Gasteiger partial charge on any atom is -0.317 e. The number of rotatable bonds is 4. The second kappa shape index (κ2) is 8.75. The highest BCUT2D eigenvalue weighted by Crippen LogP contribution is 2.34. The maximum absolute atomic E-state index is 13.1. The number of imide groups is 2. The van der Waals surface area contributed by atoms with Crippen LogP contribution in [0.3, 0.4) is 0 Å². The fraction of sp³-hybridized carbons (Fsp3) is 0.583. The Kier molecular flexibility index (Phi) is 5.82. The summed E-state index contributed by atoms with van der Waals surface area (Å²) in [6.45, 7) is 5.53. The number of hydrogen-bond acceptors (Lipinski definition) is 6. The summed E-state index contributed by atoms with van der Waals surface area (Å²) in [5, 5.41) is 5.66. The molecule has 0 spiro atoms. The van der Waals surface area contributed by atoms with Crippen molar-refractivity contribution in [1.29, 1.82) is 0 Å². The lowest BCUT2D eigenvalue weighted by Gasteiger charge is -2.35. The van der Waals surface area contributed by atoms with E-state index < -0.39 is 23.8 Å². The van der Waals surface area contributed by atoms with Crippen LogP contribution in [0.1, 0.15) is 70.7 Å². The van der Waals surface area contributed by atoms with Crippen LogP contribution in [0.2, 0.25) is 0 Å². The summed E-state index contributed by atoms with van der Waals surface area (Å²) >= 11 is 0. The smallest absolute Gasteiger partial charge is 0.262 e. The highest BCUT2D eigenvalue weighted by Gasteiger charge is 2.44. The normalized spacial score (nSPS) is 25.9. The number of amides is 4. The van der Waals surface area contributed by atoms with Gasteiger partial charge < -0.3 is 10.2 Å². The van der Waals surface area contributed by atoms with Crippen molar-refractivity contribution >= 4 is 23.6 Å². The molecule has 0 bridgehead atoms. The lowest BCUT2D eigenvalue weighted by Crippen LogP contribution is -2.54. The van der Waals surface area contributed by atoms with Gasteiger partial charge >= 0.3 is 0 Å². The molecule has 3 saturated heterocycles. The van der Waals surface area contributed by atoms with Gasteiger partial charge in [0.15, 0.2) is 0 Å². The molecule has 0 radical (unpaired) electrons. The number of benzene rings is 1. The topological polar surface area (TPSA) is 98.8 Å². The van der Waals surface area contributed by atoms with E-state index in [9.17, 15) is 19.2 Å². The van der Waals surface area contributed by atoms with Crippen molar-refractivity contribution in [1.82, 2.24) is 20.4 Å². The van der Waals surface area contributed by atoms with Crippen LogP contribution >= 0.6 is 0 Å². The van der Waals surface area contributed by atoms with Crippen molar-refractivity contribution in [2.75, 3.05) is 32.7 Å².